The molecule has 0 saturated carbocycles. The van der Waals surface area contributed by atoms with Crippen molar-refractivity contribution in [1.29, 1.82) is 0 Å². The molecule has 7 heteroatoms. The van der Waals surface area contributed by atoms with Gasteiger partial charge in [-0.2, -0.15) is 0 Å². The summed E-state index contributed by atoms with van der Waals surface area (Å²) in [5.74, 6) is -0.394. The molecule has 1 aromatic heterocycles. The van der Waals surface area contributed by atoms with Gasteiger partial charge in [-0.05, 0) is 23.5 Å². The Balaban J connectivity index is 2.11. The Labute approximate surface area is 100 Å². The first kappa shape index (κ1) is 11.2. The molecule has 85 valence electrons. The Bertz CT molecular complexity index is 553. The maximum absolute atomic E-state index is 11.6. The Kier molecular flexibility index (Phi) is 3.10. The fourth-order valence-electron chi connectivity index (χ4n) is 1.11. The highest BCUT2D eigenvalue weighted by Gasteiger charge is 2.14. The monoisotopic (exact) mass is 248 g/mol. The van der Waals surface area contributed by atoms with Crippen LogP contribution in [0.2, 0.25) is 0 Å². The van der Waals surface area contributed by atoms with Crippen LogP contribution in [-0.2, 0) is 0 Å². The summed E-state index contributed by atoms with van der Waals surface area (Å²) in [5, 5.41) is 13.0. The van der Waals surface area contributed by atoms with Gasteiger partial charge in [0.25, 0.3) is 5.91 Å². The minimum atomic E-state index is -0.554. The maximum atomic E-state index is 11.6. The average molecular weight is 248 g/mol. The molecule has 0 unspecified atom stereocenters. The van der Waals surface area contributed by atoms with E-state index >= 15 is 0 Å². The molecule has 1 amide bonds. The van der Waals surface area contributed by atoms with Crippen molar-refractivity contribution in [3.63, 3.8) is 0 Å². The molecular weight excluding hydrogens is 242 g/mol. The van der Waals surface area contributed by atoms with Gasteiger partial charge >= 0.3 is 5.00 Å². The van der Waals surface area contributed by atoms with Crippen LogP contribution in [0.15, 0.2) is 30.5 Å². The number of nitrogens with one attached hydrogen (secondary N) is 1. The van der Waals surface area contributed by atoms with Crippen LogP contribution in [0.25, 0.3) is 0 Å². The van der Waals surface area contributed by atoms with Crippen LogP contribution < -0.4 is 5.32 Å². The minimum Gasteiger partial charge on any atom is -0.298 e. The highest BCUT2D eigenvalue weighted by molar-refractivity contribution is 7.18. The van der Waals surface area contributed by atoms with Crippen LogP contribution >= 0.6 is 11.3 Å². The first-order valence-electron chi connectivity index (χ1n) is 4.55. The van der Waals surface area contributed by atoms with Crippen molar-refractivity contribution in [2.75, 3.05) is 5.32 Å². The highest BCUT2D eigenvalue weighted by Crippen LogP contribution is 2.25. The van der Waals surface area contributed by atoms with Crippen molar-refractivity contribution in [1.82, 2.24) is 4.98 Å². The normalized spacial score (nSPS) is 9.88. The van der Waals surface area contributed by atoms with Crippen molar-refractivity contribution in [2.24, 2.45) is 0 Å². The van der Waals surface area contributed by atoms with Gasteiger partial charge in [-0.15, -0.1) is 0 Å². The zero-order valence-electron chi connectivity index (χ0n) is 8.41. The van der Waals surface area contributed by atoms with E-state index in [9.17, 15) is 14.9 Å². The highest BCUT2D eigenvalue weighted by atomic mass is 32.1. The first-order chi connectivity index (χ1) is 8.16. The molecule has 0 aliphatic carbocycles. The third-order valence-corrected chi connectivity index (χ3v) is 2.71. The number of amides is 1. The lowest BCUT2D eigenvalue weighted by Gasteiger charge is -1.99. The lowest BCUT2D eigenvalue weighted by Crippen LogP contribution is -2.11. The lowest BCUT2D eigenvalue weighted by atomic mass is 10.2. The Morgan fingerprint density at radius 3 is 2.94 bits per heavy atom. The van der Waals surface area contributed by atoms with Crippen LogP contribution in [0.5, 0.6) is 0 Å². The van der Waals surface area contributed by atoms with Crippen molar-refractivity contribution >= 4 is 27.4 Å². The van der Waals surface area contributed by atoms with Crippen LogP contribution in [-0.4, -0.2) is 15.8 Å². The largest absolute Gasteiger partial charge is 0.345 e. The number of nitrogens with zero attached hydrogens (tertiary/aromatic N) is 2. The molecule has 1 heterocycles. The smallest absolute Gasteiger partial charge is 0.298 e. The van der Waals surface area contributed by atoms with Gasteiger partial charge in [-0.25, -0.2) is 4.98 Å². The van der Waals surface area contributed by atoms with Gasteiger partial charge in [0.2, 0.25) is 0 Å². The SMILES string of the molecule is O=C(Nc1ncc([N+](=O)[O-])s1)c1[c]cccc1. The molecule has 1 N–H and O–H groups in total. The van der Waals surface area contributed by atoms with Gasteiger partial charge in [0.1, 0.15) is 6.20 Å². The standard InChI is InChI=1S/C10H6N3O3S/c14-9(7-4-2-1-3-5-7)12-10-11-6-8(17-10)13(15)16/h1-4,6H,(H,11,12,14). The van der Waals surface area contributed by atoms with Crippen molar-refractivity contribution in [3.05, 3.63) is 52.2 Å². The van der Waals surface area contributed by atoms with Crippen LogP contribution in [0.1, 0.15) is 10.4 Å². The molecule has 0 fully saturated rings. The molecule has 6 nitrogen and oxygen atoms in total. The molecule has 2 aromatic rings. The van der Waals surface area contributed by atoms with Crippen molar-refractivity contribution in [2.45, 2.75) is 0 Å². The zero-order valence-corrected chi connectivity index (χ0v) is 9.23. The van der Waals surface area contributed by atoms with E-state index in [1.165, 1.54) is 0 Å². The topological polar surface area (TPSA) is 85.1 Å². The van der Waals surface area contributed by atoms with Crippen molar-refractivity contribution in [3.8, 4) is 0 Å². The van der Waals surface area contributed by atoms with Gasteiger partial charge in [0, 0.05) is 5.56 Å². The predicted octanol–water partition coefficient (Wildman–Crippen LogP) is 2.10. The van der Waals surface area contributed by atoms with Crippen LogP contribution in [0.3, 0.4) is 0 Å². The van der Waals surface area contributed by atoms with E-state index in [1.54, 1.807) is 24.3 Å². The number of rotatable bonds is 3. The number of anilines is 1. The second-order valence-corrected chi connectivity index (χ2v) is 4.00. The lowest BCUT2D eigenvalue weighted by molar-refractivity contribution is -0.380. The predicted molar refractivity (Wildman–Crippen MR) is 62.0 cm³/mol. The van der Waals surface area contributed by atoms with Gasteiger partial charge < -0.3 is 0 Å². The number of carbonyl (C=O) groups is 1. The average Bonchev–Trinajstić information content (AvgIpc) is 2.79. The number of hydrogen-bond acceptors (Lipinski definition) is 5. The summed E-state index contributed by atoms with van der Waals surface area (Å²) in [4.78, 5) is 25.3. The molecule has 0 aliphatic rings. The minimum absolute atomic E-state index is 0.114. The van der Waals surface area contributed by atoms with E-state index in [0.29, 0.717) is 5.56 Å². The molecule has 17 heavy (non-hydrogen) atoms. The first-order valence-corrected chi connectivity index (χ1v) is 5.37. The van der Waals surface area contributed by atoms with Gasteiger partial charge in [-0.3, -0.25) is 20.2 Å². The third kappa shape index (κ3) is 2.64. The van der Waals surface area contributed by atoms with E-state index in [2.05, 4.69) is 16.4 Å². The molecule has 2 rings (SSSR count). The summed E-state index contributed by atoms with van der Waals surface area (Å²) >= 11 is 0.808. The second-order valence-electron chi connectivity index (χ2n) is 2.99. The van der Waals surface area contributed by atoms with E-state index in [1.807, 2.05) is 0 Å². The second kappa shape index (κ2) is 4.71. The summed E-state index contributed by atoms with van der Waals surface area (Å²) in [6.07, 6.45) is 1.11. The van der Waals surface area contributed by atoms with Gasteiger partial charge in [0.05, 0.1) is 4.92 Å². The van der Waals surface area contributed by atoms with Crippen molar-refractivity contribution < 1.29 is 9.72 Å². The summed E-state index contributed by atoms with van der Waals surface area (Å²) in [6.45, 7) is 0. The Morgan fingerprint density at radius 1 is 1.53 bits per heavy atom. The number of hydrogen-bond donors (Lipinski definition) is 1. The summed E-state index contributed by atoms with van der Waals surface area (Å²) in [5.41, 5.74) is 0.352. The maximum Gasteiger partial charge on any atom is 0.345 e. The summed E-state index contributed by atoms with van der Waals surface area (Å²) in [7, 11) is 0. The molecule has 0 aliphatic heterocycles. The fourth-order valence-corrected chi connectivity index (χ4v) is 1.73. The van der Waals surface area contributed by atoms with Crippen LogP contribution in [0.4, 0.5) is 10.1 Å². The number of nitro groups is 1. The third-order valence-electron chi connectivity index (χ3n) is 1.85. The quantitative estimate of drug-likeness (QED) is 0.665. The number of aromatic nitrogens is 1. The molecular formula is C10H6N3O3S. The molecule has 1 radical (unpaired) electrons. The molecule has 0 bridgehead atoms. The van der Waals surface area contributed by atoms with E-state index in [0.717, 1.165) is 17.5 Å². The summed E-state index contributed by atoms with van der Waals surface area (Å²) in [6, 6.07) is 9.40. The number of thiazole rings is 1. The van der Waals surface area contributed by atoms with Gasteiger partial charge in [-0.1, -0.05) is 18.2 Å². The van der Waals surface area contributed by atoms with E-state index < -0.39 is 10.8 Å². The number of carbonyl (C=O) groups excluding carboxylic acids is 1. The fraction of sp³-hybridized carbons (Fsp3) is 0. The van der Waals surface area contributed by atoms with Gasteiger partial charge in [0.15, 0.2) is 5.13 Å². The molecule has 0 saturated heterocycles. The summed E-state index contributed by atoms with van der Waals surface area (Å²) < 4.78 is 0. The molecule has 0 spiro atoms. The van der Waals surface area contributed by atoms with Crippen LogP contribution in [0, 0.1) is 16.2 Å². The molecule has 1 aromatic carbocycles. The Morgan fingerprint density at radius 2 is 2.35 bits per heavy atom. The zero-order chi connectivity index (χ0) is 12.3. The van der Waals surface area contributed by atoms with E-state index in [-0.39, 0.29) is 10.1 Å². The number of benzene rings is 1. The molecule has 0 atom stereocenters. The Hall–Kier alpha value is -2.28. The van der Waals surface area contributed by atoms with E-state index in [4.69, 9.17) is 0 Å².